The molecule has 5 N–H and O–H groups in total. The van der Waals surface area contributed by atoms with Crippen molar-refractivity contribution in [2.75, 3.05) is 18.1 Å². The molecule has 12 nitrogen and oxygen atoms in total. The molecule has 198 valence electrons. The summed E-state index contributed by atoms with van der Waals surface area (Å²) in [6.45, 7) is -0.434. The zero-order valence-electron chi connectivity index (χ0n) is 19.5. The lowest BCUT2D eigenvalue weighted by Crippen LogP contribution is -2.58. The summed E-state index contributed by atoms with van der Waals surface area (Å²) in [5.74, 6) is -3.59. The van der Waals surface area contributed by atoms with E-state index in [1.807, 2.05) is 0 Å². The fraction of sp³-hybridized carbons (Fsp3) is 0.636. The summed E-state index contributed by atoms with van der Waals surface area (Å²) in [7, 11) is 2.85. The lowest BCUT2D eigenvalue weighted by molar-refractivity contribution is -0.148. The molecule has 3 aliphatic rings. The summed E-state index contributed by atoms with van der Waals surface area (Å²) in [4.78, 5) is 75.2. The molecule has 36 heavy (non-hydrogen) atoms. The van der Waals surface area contributed by atoms with Crippen LogP contribution >= 0.6 is 21.6 Å². The lowest BCUT2D eigenvalue weighted by atomic mass is 10.1. The molecule has 0 spiro atoms. The van der Waals surface area contributed by atoms with Gasteiger partial charge in [-0.25, -0.2) is 0 Å². The topological polar surface area (TPSA) is 180 Å². The molecule has 1 unspecified atom stereocenters. The van der Waals surface area contributed by atoms with Crippen molar-refractivity contribution in [2.24, 2.45) is 5.92 Å². The molecule has 0 aromatic carbocycles. The van der Waals surface area contributed by atoms with Crippen molar-refractivity contribution in [3.8, 4) is 0 Å². The molecule has 0 radical (unpaired) electrons. The van der Waals surface area contributed by atoms with Gasteiger partial charge in [-0.1, -0.05) is 27.7 Å². The average molecular weight is 543 g/mol. The van der Waals surface area contributed by atoms with E-state index in [1.54, 1.807) is 12.2 Å². The van der Waals surface area contributed by atoms with Crippen molar-refractivity contribution in [3.63, 3.8) is 0 Å². The maximum atomic E-state index is 13.2. The van der Waals surface area contributed by atoms with Crippen molar-refractivity contribution in [3.05, 3.63) is 12.2 Å². The number of rotatable bonds is 4. The van der Waals surface area contributed by atoms with Crippen LogP contribution in [0, 0.1) is 5.92 Å². The number of fused-ring (bicyclic) bond motifs is 7. The molecular weight excluding hydrogens is 512 g/mol. The zero-order valence-corrected chi connectivity index (χ0v) is 21.2. The molecule has 0 aromatic rings. The highest BCUT2D eigenvalue weighted by molar-refractivity contribution is 8.76. The van der Waals surface area contributed by atoms with E-state index < -0.39 is 66.3 Å². The van der Waals surface area contributed by atoms with Crippen LogP contribution in [0.15, 0.2) is 12.2 Å². The van der Waals surface area contributed by atoms with Crippen molar-refractivity contribution < 1.29 is 38.6 Å². The van der Waals surface area contributed by atoms with Crippen LogP contribution in [0.4, 0.5) is 0 Å². The normalized spacial score (nSPS) is 29.2. The van der Waals surface area contributed by atoms with E-state index in [0.717, 1.165) is 12.8 Å². The quantitative estimate of drug-likeness (QED) is 0.176. The van der Waals surface area contributed by atoms with Gasteiger partial charge in [-0.2, -0.15) is 0 Å². The standard InChI is InChI=1S/C22H30N4O8S2/c27-16-9-13-3-1-2-8-35-36-11-15(25-20(31)14(24-16)6-7-17(28)29)21(32)26-19(12-4-5-12)22(33)23-10-18(30)34-13/h1,3,12-15,19H,2,4-11H2,(H,23,33)(H,24,27)(H,25,31)(H,26,32)(H,28,29)/t13-,14-,15-,19?/m1/s1. The first kappa shape index (κ1) is 27.8. The number of hydrogen-bond donors (Lipinski definition) is 5. The number of esters is 1. The highest BCUT2D eigenvalue weighted by Gasteiger charge is 2.39. The molecule has 2 aliphatic heterocycles. The molecule has 14 heteroatoms. The Bertz CT molecular complexity index is 910. The number of amides is 4. The highest BCUT2D eigenvalue weighted by atomic mass is 33.1. The number of carboxylic acid groups (broad SMARTS) is 1. The number of nitrogens with one attached hydrogen (secondary N) is 4. The van der Waals surface area contributed by atoms with Crippen LogP contribution in [0.5, 0.6) is 0 Å². The van der Waals surface area contributed by atoms with Crippen LogP contribution in [0.2, 0.25) is 0 Å². The summed E-state index contributed by atoms with van der Waals surface area (Å²) >= 11 is 0. The van der Waals surface area contributed by atoms with Crippen molar-refractivity contribution in [1.29, 1.82) is 0 Å². The number of allylic oxidation sites excluding steroid dienone is 1. The molecular formula is C22H30N4O8S2. The second-order valence-electron chi connectivity index (χ2n) is 8.71. The Balaban J connectivity index is 1.93. The van der Waals surface area contributed by atoms with Crippen molar-refractivity contribution in [2.45, 2.75) is 62.8 Å². The first-order chi connectivity index (χ1) is 17.2. The molecule has 1 saturated carbocycles. The van der Waals surface area contributed by atoms with Crippen LogP contribution in [-0.4, -0.2) is 83.0 Å². The number of ether oxygens (including phenoxy) is 1. The first-order valence-electron chi connectivity index (χ1n) is 11.7. The van der Waals surface area contributed by atoms with Gasteiger partial charge in [-0.15, -0.1) is 0 Å². The number of carbonyl (C=O) groups excluding carboxylic acids is 5. The monoisotopic (exact) mass is 542 g/mol. The molecule has 4 atom stereocenters. The molecule has 1 saturated heterocycles. The number of hydrogen-bond acceptors (Lipinski definition) is 9. The lowest BCUT2D eigenvalue weighted by Gasteiger charge is -2.26. The molecule has 1 aliphatic carbocycles. The van der Waals surface area contributed by atoms with E-state index in [0.29, 0.717) is 12.2 Å². The van der Waals surface area contributed by atoms with Crippen LogP contribution in [-0.2, 0) is 33.5 Å². The Kier molecular flexibility index (Phi) is 10.5. The Morgan fingerprint density at radius 3 is 2.53 bits per heavy atom. The second-order valence-corrected chi connectivity index (χ2v) is 11.3. The Morgan fingerprint density at radius 2 is 1.81 bits per heavy atom. The highest BCUT2D eigenvalue weighted by Crippen LogP contribution is 2.33. The Labute approximate surface area is 215 Å². The fourth-order valence-electron chi connectivity index (χ4n) is 3.68. The van der Waals surface area contributed by atoms with E-state index in [1.165, 1.54) is 21.6 Å². The van der Waals surface area contributed by atoms with Crippen LogP contribution in [0.25, 0.3) is 0 Å². The summed E-state index contributed by atoms with van der Waals surface area (Å²) in [6.07, 6.45) is 3.60. The van der Waals surface area contributed by atoms with E-state index in [-0.39, 0.29) is 30.9 Å². The molecule has 2 heterocycles. The summed E-state index contributed by atoms with van der Waals surface area (Å²) < 4.78 is 5.38. The van der Waals surface area contributed by atoms with E-state index in [4.69, 9.17) is 9.84 Å². The summed E-state index contributed by atoms with van der Waals surface area (Å²) in [6, 6.07) is -3.12. The first-order valence-corrected chi connectivity index (χ1v) is 14.2. The van der Waals surface area contributed by atoms with Gasteiger partial charge in [0.05, 0.1) is 6.42 Å². The van der Waals surface area contributed by atoms with E-state index in [2.05, 4.69) is 21.3 Å². The van der Waals surface area contributed by atoms with Gasteiger partial charge in [0.1, 0.15) is 30.8 Å². The summed E-state index contributed by atoms with van der Waals surface area (Å²) in [5.41, 5.74) is 0. The third-order valence-corrected chi connectivity index (χ3v) is 8.16. The van der Waals surface area contributed by atoms with Crippen molar-refractivity contribution >= 4 is 57.2 Å². The molecule has 2 bridgehead atoms. The molecule has 0 aromatic heterocycles. The molecule has 2 fully saturated rings. The van der Waals surface area contributed by atoms with Gasteiger partial charge < -0.3 is 31.1 Å². The number of carbonyl (C=O) groups is 6. The number of aliphatic carboxylic acids is 1. The fourth-order valence-corrected chi connectivity index (χ4v) is 5.83. The Morgan fingerprint density at radius 1 is 1.03 bits per heavy atom. The maximum absolute atomic E-state index is 13.2. The van der Waals surface area contributed by atoms with Crippen LogP contribution in [0.1, 0.15) is 38.5 Å². The maximum Gasteiger partial charge on any atom is 0.326 e. The third-order valence-electron chi connectivity index (χ3n) is 5.72. The number of carboxylic acids is 1. The van der Waals surface area contributed by atoms with Crippen LogP contribution < -0.4 is 21.3 Å². The third kappa shape index (κ3) is 9.04. The summed E-state index contributed by atoms with van der Waals surface area (Å²) in [5, 5.41) is 19.4. The van der Waals surface area contributed by atoms with Gasteiger partial charge >= 0.3 is 11.9 Å². The molecule has 3 rings (SSSR count). The van der Waals surface area contributed by atoms with E-state index in [9.17, 15) is 28.8 Å². The van der Waals surface area contributed by atoms with E-state index >= 15 is 0 Å². The average Bonchev–Trinajstić information content (AvgIpc) is 3.65. The predicted octanol–water partition coefficient (Wildman–Crippen LogP) is -0.511. The van der Waals surface area contributed by atoms with Gasteiger partial charge in [0.2, 0.25) is 23.6 Å². The minimum atomic E-state index is -1.22. The zero-order chi connectivity index (χ0) is 26.1. The Hall–Kier alpha value is -2.74. The van der Waals surface area contributed by atoms with Gasteiger partial charge in [0, 0.05) is 17.9 Å². The molecule has 4 amide bonds. The largest absolute Gasteiger partial charge is 0.481 e. The van der Waals surface area contributed by atoms with Gasteiger partial charge in [-0.05, 0) is 37.7 Å². The SMILES string of the molecule is O=C(O)CC[C@H]1NC(=O)C[C@H]2C=CCCSSC[C@@H](NC1=O)C(=O)NC(C1CC1)C(=O)NCC(=O)O2. The smallest absolute Gasteiger partial charge is 0.326 e. The van der Waals surface area contributed by atoms with Gasteiger partial charge in [0.25, 0.3) is 0 Å². The van der Waals surface area contributed by atoms with Crippen LogP contribution in [0.3, 0.4) is 0 Å². The predicted molar refractivity (Wildman–Crippen MR) is 132 cm³/mol. The van der Waals surface area contributed by atoms with Crippen molar-refractivity contribution in [1.82, 2.24) is 21.3 Å². The van der Waals surface area contributed by atoms with Gasteiger partial charge in [-0.3, -0.25) is 28.8 Å². The minimum Gasteiger partial charge on any atom is -0.481 e. The second kappa shape index (κ2) is 13.5. The minimum absolute atomic E-state index is 0.0809. The van der Waals surface area contributed by atoms with Gasteiger partial charge in [0.15, 0.2) is 0 Å².